The summed E-state index contributed by atoms with van der Waals surface area (Å²) in [6, 6.07) is 7.42. The predicted octanol–water partition coefficient (Wildman–Crippen LogP) is 1.49. The third-order valence-electron chi connectivity index (χ3n) is 1.69. The van der Waals surface area contributed by atoms with E-state index in [1.54, 1.807) is 6.20 Å². The first-order valence-corrected chi connectivity index (χ1v) is 4.29. The fourth-order valence-electron chi connectivity index (χ4n) is 1.02. The minimum absolute atomic E-state index is 0.293. The molecule has 0 aliphatic carbocycles. The zero-order valence-electron chi connectivity index (χ0n) is 7.75. The average Bonchev–Trinajstić information content (AvgIpc) is 2.31. The fourth-order valence-corrected chi connectivity index (χ4v) is 1.02. The Morgan fingerprint density at radius 1 is 1.07 bits per heavy atom. The number of hydrogen-bond donors (Lipinski definition) is 1. The lowest BCUT2D eigenvalue weighted by atomic mass is 10.4. The van der Waals surface area contributed by atoms with Gasteiger partial charge >= 0.3 is 0 Å². The summed E-state index contributed by atoms with van der Waals surface area (Å²) in [7, 11) is 0. The van der Waals surface area contributed by atoms with Crippen molar-refractivity contribution in [3.63, 3.8) is 0 Å². The van der Waals surface area contributed by atoms with Gasteiger partial charge in [-0.15, -0.1) is 0 Å². The Balaban J connectivity index is 2.16. The van der Waals surface area contributed by atoms with Crippen LogP contribution in [0.1, 0.15) is 5.69 Å². The Labute approximate surface area is 86.5 Å². The van der Waals surface area contributed by atoms with Crippen LogP contribution in [0.3, 0.4) is 0 Å². The highest BCUT2D eigenvalue weighted by atomic mass is 15.1. The normalized spacial score (nSPS) is 9.27. The highest BCUT2D eigenvalue weighted by molar-refractivity contribution is 5.49. The number of nitrogens with zero attached hydrogens (tertiary/aromatic N) is 4. The number of rotatable bonds is 2. The molecule has 0 saturated heterocycles. The SMILES string of the molecule is N#Cc1cnc(Nc2ccccn2)cn1. The number of pyridine rings is 1. The first-order chi connectivity index (χ1) is 7.38. The van der Waals surface area contributed by atoms with Gasteiger partial charge in [0.05, 0.1) is 12.4 Å². The first kappa shape index (κ1) is 9.09. The van der Waals surface area contributed by atoms with Crippen molar-refractivity contribution in [3.05, 3.63) is 42.5 Å². The average molecular weight is 197 g/mol. The predicted molar refractivity (Wildman–Crippen MR) is 54.3 cm³/mol. The maximum absolute atomic E-state index is 8.53. The smallest absolute Gasteiger partial charge is 0.158 e. The van der Waals surface area contributed by atoms with E-state index in [9.17, 15) is 0 Å². The third-order valence-corrected chi connectivity index (χ3v) is 1.69. The first-order valence-electron chi connectivity index (χ1n) is 4.29. The van der Waals surface area contributed by atoms with E-state index in [-0.39, 0.29) is 0 Å². The van der Waals surface area contributed by atoms with Gasteiger partial charge in [0.2, 0.25) is 0 Å². The number of nitrogens with one attached hydrogen (secondary N) is 1. The van der Waals surface area contributed by atoms with Crippen molar-refractivity contribution in [1.82, 2.24) is 15.0 Å². The molecule has 0 radical (unpaired) electrons. The van der Waals surface area contributed by atoms with Gasteiger partial charge in [0.25, 0.3) is 0 Å². The molecule has 0 aliphatic rings. The van der Waals surface area contributed by atoms with Crippen LogP contribution in [0.5, 0.6) is 0 Å². The molecular weight excluding hydrogens is 190 g/mol. The van der Waals surface area contributed by atoms with Crippen LogP contribution in [0.2, 0.25) is 0 Å². The molecule has 2 rings (SSSR count). The minimum atomic E-state index is 0.293. The summed E-state index contributed by atoms with van der Waals surface area (Å²) in [5, 5.41) is 11.5. The van der Waals surface area contributed by atoms with Crippen LogP contribution in [0.15, 0.2) is 36.8 Å². The largest absolute Gasteiger partial charge is 0.324 e. The fraction of sp³-hybridized carbons (Fsp3) is 0. The van der Waals surface area contributed by atoms with Gasteiger partial charge in [-0.1, -0.05) is 6.07 Å². The van der Waals surface area contributed by atoms with Gasteiger partial charge < -0.3 is 5.32 Å². The summed E-state index contributed by atoms with van der Waals surface area (Å²) in [6.45, 7) is 0. The van der Waals surface area contributed by atoms with E-state index in [1.165, 1.54) is 12.4 Å². The molecule has 0 spiro atoms. The molecule has 0 saturated carbocycles. The summed E-state index contributed by atoms with van der Waals surface area (Å²) in [5.74, 6) is 1.25. The quantitative estimate of drug-likeness (QED) is 0.789. The van der Waals surface area contributed by atoms with Crippen LogP contribution in [0, 0.1) is 11.3 Å². The van der Waals surface area contributed by atoms with E-state index >= 15 is 0 Å². The van der Waals surface area contributed by atoms with Gasteiger partial charge in [-0.3, -0.25) is 0 Å². The summed E-state index contributed by atoms with van der Waals surface area (Å²) < 4.78 is 0. The Kier molecular flexibility index (Phi) is 2.52. The molecule has 0 aromatic carbocycles. The van der Waals surface area contributed by atoms with E-state index in [4.69, 9.17) is 5.26 Å². The highest BCUT2D eigenvalue weighted by Gasteiger charge is 1.97. The molecule has 0 amide bonds. The number of nitriles is 1. The maximum atomic E-state index is 8.53. The minimum Gasteiger partial charge on any atom is -0.324 e. The van der Waals surface area contributed by atoms with Crippen LogP contribution < -0.4 is 5.32 Å². The molecule has 2 aromatic heterocycles. The lowest BCUT2D eigenvalue weighted by molar-refractivity contribution is 1.15. The molecule has 2 heterocycles. The molecule has 1 N–H and O–H groups in total. The van der Waals surface area contributed by atoms with Gasteiger partial charge in [0.1, 0.15) is 17.7 Å². The van der Waals surface area contributed by atoms with Crippen molar-refractivity contribution in [3.8, 4) is 6.07 Å². The maximum Gasteiger partial charge on any atom is 0.158 e. The van der Waals surface area contributed by atoms with Gasteiger partial charge in [0.15, 0.2) is 5.69 Å². The van der Waals surface area contributed by atoms with Crippen molar-refractivity contribution >= 4 is 11.6 Å². The summed E-state index contributed by atoms with van der Waals surface area (Å²) in [4.78, 5) is 12.0. The molecule has 0 bridgehead atoms. The van der Waals surface area contributed by atoms with E-state index in [1.807, 2.05) is 24.3 Å². The zero-order valence-corrected chi connectivity index (χ0v) is 7.75. The molecule has 0 atom stereocenters. The lowest BCUT2D eigenvalue weighted by Crippen LogP contribution is -1.96. The molecule has 5 nitrogen and oxygen atoms in total. The van der Waals surface area contributed by atoms with Gasteiger partial charge in [0, 0.05) is 6.20 Å². The van der Waals surface area contributed by atoms with Crippen LogP contribution in [-0.2, 0) is 0 Å². The van der Waals surface area contributed by atoms with Crippen molar-refractivity contribution in [2.24, 2.45) is 0 Å². The summed E-state index contributed by atoms with van der Waals surface area (Å²) in [6.07, 6.45) is 4.58. The van der Waals surface area contributed by atoms with Gasteiger partial charge in [-0.25, -0.2) is 15.0 Å². The van der Waals surface area contributed by atoms with Crippen LogP contribution in [0.4, 0.5) is 11.6 Å². The third kappa shape index (κ3) is 2.25. The number of anilines is 2. The van der Waals surface area contributed by atoms with Crippen molar-refractivity contribution < 1.29 is 0 Å². The molecule has 0 fully saturated rings. The molecular formula is C10H7N5. The van der Waals surface area contributed by atoms with Crippen LogP contribution in [0.25, 0.3) is 0 Å². The Morgan fingerprint density at radius 2 is 2.00 bits per heavy atom. The zero-order chi connectivity index (χ0) is 10.5. The van der Waals surface area contributed by atoms with Crippen LogP contribution >= 0.6 is 0 Å². The van der Waals surface area contributed by atoms with Crippen molar-refractivity contribution in [2.45, 2.75) is 0 Å². The number of hydrogen-bond acceptors (Lipinski definition) is 5. The molecule has 5 heteroatoms. The Hall–Kier alpha value is -2.48. The van der Waals surface area contributed by atoms with Gasteiger partial charge in [-0.2, -0.15) is 5.26 Å². The van der Waals surface area contributed by atoms with E-state index in [0.717, 1.165) is 0 Å². The summed E-state index contributed by atoms with van der Waals surface area (Å²) in [5.41, 5.74) is 0.293. The second-order valence-corrected chi connectivity index (χ2v) is 2.74. The monoisotopic (exact) mass is 197 g/mol. The van der Waals surface area contributed by atoms with Crippen molar-refractivity contribution in [1.29, 1.82) is 5.26 Å². The van der Waals surface area contributed by atoms with E-state index < -0.39 is 0 Å². The molecule has 0 unspecified atom stereocenters. The molecule has 0 aliphatic heterocycles. The summed E-state index contributed by atoms with van der Waals surface area (Å²) >= 11 is 0. The van der Waals surface area contributed by atoms with Gasteiger partial charge in [-0.05, 0) is 12.1 Å². The van der Waals surface area contributed by atoms with Crippen molar-refractivity contribution in [2.75, 3.05) is 5.32 Å². The molecule has 2 aromatic rings. The standard InChI is InChI=1S/C10H7N5/c11-5-8-6-14-10(7-13-8)15-9-3-1-2-4-12-9/h1-4,6-7H,(H,12,14,15). The second-order valence-electron chi connectivity index (χ2n) is 2.74. The lowest BCUT2D eigenvalue weighted by Gasteiger charge is -2.02. The second kappa shape index (κ2) is 4.15. The Bertz CT molecular complexity index is 471. The topological polar surface area (TPSA) is 74.5 Å². The number of aromatic nitrogens is 3. The van der Waals surface area contributed by atoms with E-state index in [0.29, 0.717) is 17.3 Å². The Morgan fingerprint density at radius 3 is 2.60 bits per heavy atom. The highest BCUT2D eigenvalue weighted by Crippen LogP contribution is 2.08. The van der Waals surface area contributed by atoms with Crippen LogP contribution in [-0.4, -0.2) is 15.0 Å². The molecule has 72 valence electrons. The van der Waals surface area contributed by atoms with E-state index in [2.05, 4.69) is 20.3 Å². The molecule has 15 heavy (non-hydrogen) atoms.